The average Bonchev–Trinajstić information content (AvgIpc) is 2.75. The van der Waals surface area contributed by atoms with Gasteiger partial charge in [0.25, 0.3) is 0 Å². The van der Waals surface area contributed by atoms with Gasteiger partial charge >= 0.3 is 0 Å². The second-order valence-electron chi connectivity index (χ2n) is 4.30. The lowest BCUT2D eigenvalue weighted by molar-refractivity contribution is -0.124. The summed E-state index contributed by atoms with van der Waals surface area (Å²) in [6.45, 7) is 3.70. The van der Waals surface area contributed by atoms with Crippen molar-refractivity contribution < 1.29 is 14.3 Å². The second-order valence-corrected chi connectivity index (χ2v) is 4.30. The fourth-order valence-corrected chi connectivity index (χ4v) is 1.78. The summed E-state index contributed by atoms with van der Waals surface area (Å²) in [6.07, 6.45) is 2.43. The molecule has 0 aromatic rings. The van der Waals surface area contributed by atoms with Crippen molar-refractivity contribution in [2.24, 2.45) is 5.73 Å². The van der Waals surface area contributed by atoms with Crippen LogP contribution in [0.4, 0.5) is 0 Å². The zero-order valence-electron chi connectivity index (χ0n) is 10.1. The first-order valence-corrected chi connectivity index (χ1v) is 5.80. The lowest BCUT2D eigenvalue weighted by atomic mass is 10.0. The molecule has 1 amide bonds. The molecule has 1 aliphatic rings. The first kappa shape index (κ1) is 13.4. The smallest absolute Gasteiger partial charge is 0.237 e. The van der Waals surface area contributed by atoms with Gasteiger partial charge in [0, 0.05) is 26.7 Å². The molecule has 5 heteroatoms. The fraction of sp³-hybridized carbons (Fsp3) is 0.909. The third-order valence-electron chi connectivity index (χ3n) is 3.02. The number of carbonyl (C=O) groups excluding carboxylic acids is 1. The minimum absolute atomic E-state index is 0.106. The largest absolute Gasteiger partial charge is 0.378 e. The van der Waals surface area contributed by atoms with Gasteiger partial charge in [0.15, 0.2) is 0 Å². The summed E-state index contributed by atoms with van der Waals surface area (Å²) >= 11 is 0. The highest BCUT2D eigenvalue weighted by molar-refractivity contribution is 5.81. The van der Waals surface area contributed by atoms with Crippen LogP contribution in [0.2, 0.25) is 0 Å². The lowest BCUT2D eigenvalue weighted by Gasteiger charge is -2.26. The van der Waals surface area contributed by atoms with E-state index in [1.807, 2.05) is 6.92 Å². The topological polar surface area (TPSA) is 73.6 Å². The molecule has 94 valence electrons. The van der Waals surface area contributed by atoms with Crippen LogP contribution in [0.1, 0.15) is 26.2 Å². The fourth-order valence-electron chi connectivity index (χ4n) is 1.78. The number of amides is 1. The lowest BCUT2D eigenvalue weighted by Crippen LogP contribution is -2.49. The Hall–Kier alpha value is -0.650. The minimum atomic E-state index is -0.416. The van der Waals surface area contributed by atoms with Crippen LogP contribution in [0.3, 0.4) is 0 Å². The molecular weight excluding hydrogens is 208 g/mol. The Morgan fingerprint density at radius 2 is 2.44 bits per heavy atom. The number of hydrogen-bond donors (Lipinski definition) is 2. The highest BCUT2D eigenvalue weighted by Crippen LogP contribution is 2.21. The Morgan fingerprint density at radius 3 is 2.94 bits per heavy atom. The van der Waals surface area contributed by atoms with Crippen molar-refractivity contribution in [1.82, 2.24) is 5.32 Å². The predicted molar refractivity (Wildman–Crippen MR) is 61.1 cm³/mol. The molecule has 1 aliphatic heterocycles. The van der Waals surface area contributed by atoms with Crippen molar-refractivity contribution in [3.05, 3.63) is 0 Å². The average molecular weight is 230 g/mol. The summed E-state index contributed by atoms with van der Waals surface area (Å²) < 4.78 is 10.7. The third-order valence-corrected chi connectivity index (χ3v) is 3.02. The van der Waals surface area contributed by atoms with Gasteiger partial charge in [-0.15, -0.1) is 0 Å². The molecule has 0 bridgehead atoms. The van der Waals surface area contributed by atoms with Gasteiger partial charge in [0.2, 0.25) is 5.91 Å². The molecule has 5 nitrogen and oxygen atoms in total. The molecule has 1 rings (SSSR count). The van der Waals surface area contributed by atoms with E-state index in [1.165, 1.54) is 0 Å². The van der Waals surface area contributed by atoms with Crippen molar-refractivity contribution in [1.29, 1.82) is 0 Å². The summed E-state index contributed by atoms with van der Waals surface area (Å²) in [4.78, 5) is 11.6. The molecular formula is C11H22N2O3. The van der Waals surface area contributed by atoms with E-state index >= 15 is 0 Å². The van der Waals surface area contributed by atoms with Gasteiger partial charge in [-0.05, 0) is 6.42 Å². The van der Waals surface area contributed by atoms with Gasteiger partial charge in [-0.2, -0.15) is 0 Å². The molecule has 16 heavy (non-hydrogen) atoms. The van der Waals surface area contributed by atoms with E-state index in [9.17, 15) is 4.79 Å². The molecule has 1 fully saturated rings. The molecule has 1 saturated heterocycles. The molecule has 2 unspecified atom stereocenters. The monoisotopic (exact) mass is 230 g/mol. The zero-order valence-corrected chi connectivity index (χ0v) is 10.1. The summed E-state index contributed by atoms with van der Waals surface area (Å²) in [6, 6.07) is -0.416. The van der Waals surface area contributed by atoms with E-state index in [4.69, 9.17) is 15.2 Å². The summed E-state index contributed by atoms with van der Waals surface area (Å²) in [5.74, 6) is -0.106. The first-order chi connectivity index (χ1) is 7.63. The third kappa shape index (κ3) is 3.43. The van der Waals surface area contributed by atoms with Crippen LogP contribution in [-0.2, 0) is 14.3 Å². The normalized spacial score (nSPS) is 26.7. The maximum atomic E-state index is 11.6. The number of methoxy groups -OCH3 is 1. The Labute approximate surface area is 96.7 Å². The Morgan fingerprint density at radius 1 is 1.69 bits per heavy atom. The molecule has 0 aliphatic carbocycles. The van der Waals surface area contributed by atoms with E-state index in [-0.39, 0.29) is 11.5 Å². The Kier molecular flexibility index (Phi) is 5.18. The number of rotatable bonds is 6. The second kappa shape index (κ2) is 6.18. The number of carbonyl (C=O) groups is 1. The van der Waals surface area contributed by atoms with E-state index in [0.29, 0.717) is 26.2 Å². The van der Waals surface area contributed by atoms with Crippen molar-refractivity contribution in [2.45, 2.75) is 37.8 Å². The standard InChI is InChI=1S/C11H22N2O3/c1-3-4-9(12)10(14)13-7-11(15-2)5-6-16-8-11/h9H,3-8,12H2,1-2H3,(H,13,14). The minimum Gasteiger partial charge on any atom is -0.378 e. The summed E-state index contributed by atoms with van der Waals surface area (Å²) in [5, 5.41) is 2.83. The van der Waals surface area contributed by atoms with Crippen LogP contribution in [-0.4, -0.2) is 44.4 Å². The van der Waals surface area contributed by atoms with Crippen LogP contribution in [0.15, 0.2) is 0 Å². The van der Waals surface area contributed by atoms with Crippen molar-refractivity contribution in [3.8, 4) is 0 Å². The number of ether oxygens (including phenoxy) is 2. The zero-order chi connectivity index (χ0) is 12.0. The van der Waals surface area contributed by atoms with Gasteiger partial charge in [-0.3, -0.25) is 4.79 Å². The summed E-state index contributed by atoms with van der Waals surface area (Å²) in [7, 11) is 1.65. The predicted octanol–water partition coefficient (Wildman–Crippen LogP) is 0.0355. The Balaban J connectivity index is 2.35. The van der Waals surface area contributed by atoms with Crippen LogP contribution in [0.25, 0.3) is 0 Å². The van der Waals surface area contributed by atoms with Crippen LogP contribution < -0.4 is 11.1 Å². The van der Waals surface area contributed by atoms with E-state index in [1.54, 1.807) is 7.11 Å². The van der Waals surface area contributed by atoms with Gasteiger partial charge in [0.1, 0.15) is 5.60 Å². The molecule has 0 saturated carbocycles. The van der Waals surface area contributed by atoms with Gasteiger partial charge < -0.3 is 20.5 Å². The van der Waals surface area contributed by atoms with E-state index in [2.05, 4.69) is 5.32 Å². The molecule has 0 spiro atoms. The van der Waals surface area contributed by atoms with E-state index < -0.39 is 6.04 Å². The van der Waals surface area contributed by atoms with Gasteiger partial charge in [0.05, 0.1) is 12.6 Å². The van der Waals surface area contributed by atoms with E-state index in [0.717, 1.165) is 12.8 Å². The van der Waals surface area contributed by atoms with Crippen LogP contribution in [0, 0.1) is 0 Å². The van der Waals surface area contributed by atoms with Crippen LogP contribution >= 0.6 is 0 Å². The highest BCUT2D eigenvalue weighted by Gasteiger charge is 2.35. The van der Waals surface area contributed by atoms with Crippen molar-refractivity contribution >= 4 is 5.91 Å². The first-order valence-electron chi connectivity index (χ1n) is 5.80. The molecule has 0 aromatic carbocycles. The maximum absolute atomic E-state index is 11.6. The Bertz CT molecular complexity index is 227. The highest BCUT2D eigenvalue weighted by atomic mass is 16.5. The number of hydrogen-bond acceptors (Lipinski definition) is 4. The quantitative estimate of drug-likeness (QED) is 0.675. The molecule has 0 radical (unpaired) electrons. The van der Waals surface area contributed by atoms with Crippen molar-refractivity contribution in [3.63, 3.8) is 0 Å². The molecule has 2 atom stereocenters. The molecule has 3 N–H and O–H groups in total. The number of nitrogens with one attached hydrogen (secondary N) is 1. The molecule has 1 heterocycles. The summed E-state index contributed by atoms with van der Waals surface area (Å²) in [5.41, 5.74) is 5.35. The maximum Gasteiger partial charge on any atom is 0.237 e. The SMILES string of the molecule is CCCC(N)C(=O)NCC1(OC)CCOC1. The van der Waals surface area contributed by atoms with Gasteiger partial charge in [-0.1, -0.05) is 13.3 Å². The van der Waals surface area contributed by atoms with Gasteiger partial charge in [-0.25, -0.2) is 0 Å². The molecule has 0 aromatic heterocycles. The van der Waals surface area contributed by atoms with Crippen LogP contribution in [0.5, 0.6) is 0 Å². The van der Waals surface area contributed by atoms with Crippen molar-refractivity contribution in [2.75, 3.05) is 26.9 Å². The number of nitrogens with two attached hydrogens (primary N) is 1.